The lowest BCUT2D eigenvalue weighted by molar-refractivity contribution is 0.0218. The number of methoxy groups -OCH3 is 1. The largest absolute Gasteiger partial charge is 0.444 e. The summed E-state index contributed by atoms with van der Waals surface area (Å²) >= 11 is 0. The van der Waals surface area contributed by atoms with E-state index in [4.69, 9.17) is 9.47 Å². The summed E-state index contributed by atoms with van der Waals surface area (Å²) < 4.78 is 10.6. The average Bonchev–Trinajstić information content (AvgIpc) is 2.51. The molecule has 1 fully saturated rings. The molecule has 0 radical (unpaired) electrons. The first-order chi connectivity index (χ1) is 11.3. The Morgan fingerprint density at radius 1 is 1.33 bits per heavy atom. The predicted octanol–water partition coefficient (Wildman–Crippen LogP) is 2.11. The summed E-state index contributed by atoms with van der Waals surface area (Å²) in [5.41, 5.74) is 0.490. The number of anilines is 1. The lowest BCUT2D eigenvalue weighted by Crippen LogP contribution is -2.54. The Labute approximate surface area is 144 Å². The lowest BCUT2D eigenvalue weighted by Gasteiger charge is -2.40. The molecule has 0 aliphatic carbocycles. The second-order valence-corrected chi connectivity index (χ2v) is 7.08. The Morgan fingerprint density at radius 2 is 2.08 bits per heavy atom. The van der Waals surface area contributed by atoms with Crippen LogP contribution in [0.2, 0.25) is 0 Å². The first-order valence-corrected chi connectivity index (χ1v) is 8.34. The fourth-order valence-corrected chi connectivity index (χ4v) is 2.68. The van der Waals surface area contributed by atoms with Crippen molar-refractivity contribution in [3.63, 3.8) is 0 Å². The molecule has 0 unspecified atom stereocenters. The summed E-state index contributed by atoms with van der Waals surface area (Å²) in [6.07, 6.45) is 2.10. The topological polar surface area (TPSA) is 67.8 Å². The van der Waals surface area contributed by atoms with E-state index in [-0.39, 0.29) is 12.1 Å². The van der Waals surface area contributed by atoms with Gasteiger partial charge >= 0.3 is 6.09 Å². The zero-order valence-electron chi connectivity index (χ0n) is 15.3. The van der Waals surface area contributed by atoms with Crippen LogP contribution >= 0.6 is 0 Å². The molecule has 7 nitrogen and oxygen atoms in total. The van der Waals surface area contributed by atoms with Crippen LogP contribution in [0.4, 0.5) is 10.6 Å². The summed E-state index contributed by atoms with van der Waals surface area (Å²) in [7, 11) is 1.68. The van der Waals surface area contributed by atoms with Crippen LogP contribution < -0.4 is 4.90 Å². The summed E-state index contributed by atoms with van der Waals surface area (Å²) in [4.78, 5) is 24.9. The van der Waals surface area contributed by atoms with E-state index in [1.165, 1.54) is 0 Å². The summed E-state index contributed by atoms with van der Waals surface area (Å²) in [6, 6.07) is 2.16. The second kappa shape index (κ2) is 7.79. The third-order valence-electron chi connectivity index (χ3n) is 3.85. The van der Waals surface area contributed by atoms with E-state index < -0.39 is 5.60 Å². The minimum Gasteiger partial charge on any atom is -0.444 e. The zero-order valence-corrected chi connectivity index (χ0v) is 15.3. The highest BCUT2D eigenvalue weighted by atomic mass is 16.6. The second-order valence-electron chi connectivity index (χ2n) is 7.08. The van der Waals surface area contributed by atoms with E-state index in [1.807, 2.05) is 26.8 Å². The molecule has 1 atom stereocenters. The standard InChI is InChI=1S/C17H28N4O3/c1-13-11-20(16(22)24-17(2,3)4)7-8-21(13)15-10-14(6-9-23-5)18-12-19-15/h10,12-13H,6-9,11H2,1-5H3/t13-/m0/s1. The number of aromatic nitrogens is 2. The number of carbonyl (C=O) groups is 1. The predicted molar refractivity (Wildman–Crippen MR) is 92.2 cm³/mol. The fraction of sp³-hybridized carbons (Fsp3) is 0.706. The molecule has 0 aromatic carbocycles. The summed E-state index contributed by atoms with van der Waals surface area (Å²) in [5.74, 6) is 0.896. The molecule has 0 spiro atoms. The van der Waals surface area contributed by atoms with Crippen molar-refractivity contribution in [3.8, 4) is 0 Å². The molecule has 1 aliphatic heterocycles. The van der Waals surface area contributed by atoms with E-state index in [9.17, 15) is 4.79 Å². The van der Waals surface area contributed by atoms with Crippen LogP contribution in [0, 0.1) is 0 Å². The third-order valence-corrected chi connectivity index (χ3v) is 3.85. The van der Waals surface area contributed by atoms with Crippen LogP contribution in [0.1, 0.15) is 33.4 Å². The molecule has 0 N–H and O–H groups in total. The number of rotatable bonds is 4. The van der Waals surface area contributed by atoms with Gasteiger partial charge in [0.2, 0.25) is 0 Å². The van der Waals surface area contributed by atoms with Gasteiger partial charge in [-0.25, -0.2) is 14.8 Å². The van der Waals surface area contributed by atoms with E-state index in [1.54, 1.807) is 18.3 Å². The summed E-state index contributed by atoms with van der Waals surface area (Å²) in [5, 5.41) is 0. The van der Waals surface area contributed by atoms with Crippen LogP contribution in [0.5, 0.6) is 0 Å². The van der Waals surface area contributed by atoms with Crippen LogP contribution in [0.15, 0.2) is 12.4 Å². The fourth-order valence-electron chi connectivity index (χ4n) is 2.68. The van der Waals surface area contributed by atoms with E-state index in [0.29, 0.717) is 19.7 Å². The van der Waals surface area contributed by atoms with Crippen molar-refractivity contribution in [1.29, 1.82) is 0 Å². The Morgan fingerprint density at radius 3 is 2.71 bits per heavy atom. The van der Waals surface area contributed by atoms with Crippen molar-refractivity contribution in [3.05, 3.63) is 18.1 Å². The van der Waals surface area contributed by atoms with Gasteiger partial charge in [0.25, 0.3) is 0 Å². The minimum atomic E-state index is -0.472. The Bertz CT molecular complexity index is 559. The van der Waals surface area contributed by atoms with Crippen molar-refractivity contribution in [2.45, 2.75) is 45.8 Å². The van der Waals surface area contributed by atoms with Crippen LogP contribution in [-0.2, 0) is 15.9 Å². The Kier molecular flexibility index (Phi) is 5.99. The molecule has 1 saturated heterocycles. The number of carbonyl (C=O) groups excluding carboxylic acids is 1. The third kappa shape index (κ3) is 5.06. The van der Waals surface area contributed by atoms with Gasteiger partial charge < -0.3 is 19.3 Å². The minimum absolute atomic E-state index is 0.163. The quantitative estimate of drug-likeness (QED) is 0.839. The van der Waals surface area contributed by atoms with E-state index in [2.05, 4.69) is 21.8 Å². The van der Waals surface area contributed by atoms with Crippen LogP contribution in [-0.4, -0.2) is 66.0 Å². The highest BCUT2D eigenvalue weighted by molar-refractivity contribution is 5.68. The van der Waals surface area contributed by atoms with Gasteiger partial charge in [0.05, 0.1) is 6.61 Å². The van der Waals surface area contributed by atoms with Crippen molar-refractivity contribution >= 4 is 11.9 Å². The normalized spacial score (nSPS) is 18.6. The number of hydrogen-bond donors (Lipinski definition) is 0. The molecule has 1 aromatic rings. The van der Waals surface area contributed by atoms with Gasteiger partial charge in [-0.15, -0.1) is 0 Å². The maximum absolute atomic E-state index is 12.2. The molecule has 1 aromatic heterocycles. The van der Waals surface area contributed by atoms with Gasteiger partial charge in [-0.2, -0.15) is 0 Å². The van der Waals surface area contributed by atoms with Gasteiger partial charge in [0, 0.05) is 51.0 Å². The molecule has 2 rings (SSSR count). The molecule has 0 saturated carbocycles. The first-order valence-electron chi connectivity index (χ1n) is 8.34. The van der Waals surface area contributed by atoms with Gasteiger partial charge in [0.1, 0.15) is 17.7 Å². The number of ether oxygens (including phenoxy) is 2. The van der Waals surface area contributed by atoms with Crippen molar-refractivity contribution in [2.75, 3.05) is 38.3 Å². The van der Waals surface area contributed by atoms with Crippen molar-refractivity contribution < 1.29 is 14.3 Å². The zero-order chi connectivity index (χ0) is 17.7. The lowest BCUT2D eigenvalue weighted by atomic mass is 10.2. The van der Waals surface area contributed by atoms with Crippen LogP contribution in [0.25, 0.3) is 0 Å². The number of amides is 1. The van der Waals surface area contributed by atoms with Crippen LogP contribution in [0.3, 0.4) is 0 Å². The SMILES string of the molecule is COCCc1cc(N2CCN(C(=O)OC(C)(C)C)C[C@@H]2C)ncn1. The molecule has 0 bridgehead atoms. The van der Waals surface area contributed by atoms with Crippen molar-refractivity contribution in [2.24, 2.45) is 0 Å². The highest BCUT2D eigenvalue weighted by Gasteiger charge is 2.30. The monoisotopic (exact) mass is 336 g/mol. The molecule has 2 heterocycles. The Balaban J connectivity index is 1.99. The van der Waals surface area contributed by atoms with Gasteiger partial charge in [-0.1, -0.05) is 0 Å². The molecule has 134 valence electrons. The number of nitrogens with zero attached hydrogens (tertiary/aromatic N) is 4. The molecule has 1 amide bonds. The maximum atomic E-state index is 12.2. The average molecular weight is 336 g/mol. The summed E-state index contributed by atoms with van der Waals surface area (Å²) in [6.45, 7) is 10.3. The molecule has 7 heteroatoms. The van der Waals surface area contributed by atoms with E-state index >= 15 is 0 Å². The van der Waals surface area contributed by atoms with Gasteiger partial charge in [0.15, 0.2) is 0 Å². The Hall–Kier alpha value is -1.89. The smallest absolute Gasteiger partial charge is 0.410 e. The van der Waals surface area contributed by atoms with E-state index in [0.717, 1.165) is 24.5 Å². The number of hydrogen-bond acceptors (Lipinski definition) is 6. The maximum Gasteiger partial charge on any atom is 0.410 e. The molecular formula is C17H28N4O3. The van der Waals surface area contributed by atoms with Gasteiger partial charge in [-0.05, 0) is 27.7 Å². The first kappa shape index (κ1) is 18.4. The molecule has 24 heavy (non-hydrogen) atoms. The molecule has 1 aliphatic rings. The van der Waals surface area contributed by atoms with Gasteiger partial charge in [-0.3, -0.25) is 0 Å². The van der Waals surface area contributed by atoms with Crippen molar-refractivity contribution in [1.82, 2.24) is 14.9 Å². The number of piperazine rings is 1. The highest BCUT2D eigenvalue weighted by Crippen LogP contribution is 2.20. The molecular weight excluding hydrogens is 308 g/mol.